The molecular weight excluding hydrogens is 202 g/mol. The summed E-state index contributed by atoms with van der Waals surface area (Å²) in [5.41, 5.74) is 0. The molecule has 0 aliphatic heterocycles. The molecule has 3 nitrogen and oxygen atoms in total. The van der Waals surface area contributed by atoms with E-state index in [1.165, 1.54) is 0 Å². The normalized spacial score (nSPS) is 31.3. The molecule has 0 heterocycles. The highest BCUT2D eigenvalue weighted by Crippen LogP contribution is 2.43. The standard InChI is InChI=1S/C13H21NO2/c1-14(2)6-3-7-16-13(15)12-9-10-4-5-11(12)8-10/h4-5,10-12H,3,6-9H2,1-2H3. The molecule has 3 unspecified atom stereocenters. The zero-order valence-corrected chi connectivity index (χ0v) is 10.2. The Morgan fingerprint density at radius 2 is 2.19 bits per heavy atom. The number of carbonyl (C=O) groups is 1. The highest BCUT2D eigenvalue weighted by molar-refractivity contribution is 5.74. The number of nitrogens with zero attached hydrogens (tertiary/aromatic N) is 1. The summed E-state index contributed by atoms with van der Waals surface area (Å²) >= 11 is 0. The first kappa shape index (κ1) is 11.6. The zero-order valence-electron chi connectivity index (χ0n) is 10.2. The van der Waals surface area contributed by atoms with E-state index in [2.05, 4.69) is 17.1 Å². The van der Waals surface area contributed by atoms with Crippen molar-refractivity contribution in [1.29, 1.82) is 0 Å². The van der Waals surface area contributed by atoms with Gasteiger partial charge in [-0.1, -0.05) is 12.2 Å². The summed E-state index contributed by atoms with van der Waals surface area (Å²) in [6.07, 6.45) is 7.54. The maximum absolute atomic E-state index is 11.8. The van der Waals surface area contributed by atoms with Gasteiger partial charge in [-0.05, 0) is 45.2 Å². The molecule has 0 radical (unpaired) electrons. The molecule has 0 aromatic carbocycles. The van der Waals surface area contributed by atoms with E-state index in [0.29, 0.717) is 18.4 Å². The molecule has 2 aliphatic carbocycles. The fourth-order valence-corrected chi connectivity index (χ4v) is 2.71. The third-order valence-corrected chi connectivity index (χ3v) is 3.58. The average molecular weight is 223 g/mol. The molecule has 3 atom stereocenters. The Hall–Kier alpha value is -0.830. The summed E-state index contributed by atoms with van der Waals surface area (Å²) in [4.78, 5) is 13.9. The van der Waals surface area contributed by atoms with Crippen LogP contribution in [-0.2, 0) is 9.53 Å². The molecule has 0 aromatic rings. The second-order valence-corrected chi connectivity index (χ2v) is 5.21. The van der Waals surface area contributed by atoms with Crippen LogP contribution >= 0.6 is 0 Å². The van der Waals surface area contributed by atoms with Gasteiger partial charge in [-0.15, -0.1) is 0 Å². The highest BCUT2D eigenvalue weighted by atomic mass is 16.5. The Morgan fingerprint density at radius 1 is 1.38 bits per heavy atom. The number of esters is 1. The Kier molecular flexibility index (Phi) is 3.64. The smallest absolute Gasteiger partial charge is 0.309 e. The van der Waals surface area contributed by atoms with Crippen molar-refractivity contribution in [3.05, 3.63) is 12.2 Å². The lowest BCUT2D eigenvalue weighted by Gasteiger charge is -2.17. The highest BCUT2D eigenvalue weighted by Gasteiger charge is 2.40. The molecule has 3 heteroatoms. The summed E-state index contributed by atoms with van der Waals surface area (Å²) in [5, 5.41) is 0. The molecule has 2 bridgehead atoms. The van der Waals surface area contributed by atoms with E-state index < -0.39 is 0 Å². The number of ether oxygens (including phenoxy) is 1. The summed E-state index contributed by atoms with van der Waals surface area (Å²) < 4.78 is 5.33. The van der Waals surface area contributed by atoms with Crippen LogP contribution in [0.15, 0.2) is 12.2 Å². The van der Waals surface area contributed by atoms with Crippen molar-refractivity contribution in [2.45, 2.75) is 19.3 Å². The predicted molar refractivity (Wildman–Crippen MR) is 63.0 cm³/mol. The van der Waals surface area contributed by atoms with Gasteiger partial charge in [0.1, 0.15) is 0 Å². The monoisotopic (exact) mass is 223 g/mol. The lowest BCUT2D eigenvalue weighted by molar-refractivity contribution is -0.149. The number of allylic oxidation sites excluding steroid dienone is 2. The van der Waals surface area contributed by atoms with E-state index in [9.17, 15) is 4.79 Å². The summed E-state index contributed by atoms with van der Waals surface area (Å²) in [7, 11) is 4.06. The number of hydrogen-bond donors (Lipinski definition) is 0. The first-order valence-corrected chi connectivity index (χ1v) is 6.16. The van der Waals surface area contributed by atoms with Crippen molar-refractivity contribution < 1.29 is 9.53 Å². The van der Waals surface area contributed by atoms with Gasteiger partial charge in [0.05, 0.1) is 12.5 Å². The first-order valence-electron chi connectivity index (χ1n) is 6.16. The van der Waals surface area contributed by atoms with Gasteiger partial charge in [0.15, 0.2) is 0 Å². The van der Waals surface area contributed by atoms with Crippen LogP contribution in [-0.4, -0.2) is 38.1 Å². The van der Waals surface area contributed by atoms with E-state index in [1.807, 2.05) is 14.1 Å². The van der Waals surface area contributed by atoms with Crippen molar-refractivity contribution in [1.82, 2.24) is 4.90 Å². The van der Waals surface area contributed by atoms with Crippen LogP contribution in [0.25, 0.3) is 0 Å². The topological polar surface area (TPSA) is 29.5 Å². The van der Waals surface area contributed by atoms with E-state index in [1.54, 1.807) is 0 Å². The van der Waals surface area contributed by atoms with Crippen LogP contribution in [0.5, 0.6) is 0 Å². The predicted octanol–water partition coefficient (Wildman–Crippen LogP) is 1.69. The van der Waals surface area contributed by atoms with Gasteiger partial charge in [-0.2, -0.15) is 0 Å². The van der Waals surface area contributed by atoms with Gasteiger partial charge >= 0.3 is 5.97 Å². The lowest BCUT2D eigenvalue weighted by Crippen LogP contribution is -2.23. The lowest BCUT2D eigenvalue weighted by atomic mass is 9.94. The Labute approximate surface area is 97.5 Å². The third kappa shape index (κ3) is 2.64. The van der Waals surface area contributed by atoms with Crippen LogP contribution in [0.3, 0.4) is 0 Å². The van der Waals surface area contributed by atoms with Crippen molar-refractivity contribution in [2.24, 2.45) is 17.8 Å². The van der Waals surface area contributed by atoms with Crippen LogP contribution in [0.4, 0.5) is 0 Å². The average Bonchev–Trinajstić information content (AvgIpc) is 2.85. The van der Waals surface area contributed by atoms with Crippen molar-refractivity contribution >= 4 is 5.97 Å². The number of carbonyl (C=O) groups excluding carboxylic acids is 1. The molecule has 0 N–H and O–H groups in total. The van der Waals surface area contributed by atoms with Gasteiger partial charge in [-0.25, -0.2) is 0 Å². The van der Waals surface area contributed by atoms with Gasteiger partial charge in [0.2, 0.25) is 0 Å². The fraction of sp³-hybridized carbons (Fsp3) is 0.769. The second-order valence-electron chi connectivity index (χ2n) is 5.21. The van der Waals surface area contributed by atoms with Gasteiger partial charge in [0, 0.05) is 6.54 Å². The minimum Gasteiger partial charge on any atom is -0.465 e. The van der Waals surface area contributed by atoms with E-state index in [4.69, 9.17) is 4.74 Å². The molecule has 1 saturated carbocycles. The number of rotatable bonds is 5. The van der Waals surface area contributed by atoms with Crippen LogP contribution in [0.1, 0.15) is 19.3 Å². The van der Waals surface area contributed by atoms with Crippen molar-refractivity contribution in [2.75, 3.05) is 27.2 Å². The molecular formula is C13H21NO2. The van der Waals surface area contributed by atoms with Gasteiger partial charge in [0.25, 0.3) is 0 Å². The number of fused-ring (bicyclic) bond motifs is 2. The molecule has 0 saturated heterocycles. The Morgan fingerprint density at radius 3 is 2.75 bits per heavy atom. The maximum atomic E-state index is 11.8. The molecule has 1 fully saturated rings. The maximum Gasteiger partial charge on any atom is 0.309 e. The molecule has 0 amide bonds. The molecule has 16 heavy (non-hydrogen) atoms. The minimum absolute atomic E-state index is 0.0237. The Bertz CT molecular complexity index is 286. The van der Waals surface area contributed by atoms with Crippen molar-refractivity contribution in [3.63, 3.8) is 0 Å². The molecule has 0 spiro atoms. The Balaban J connectivity index is 1.67. The summed E-state index contributed by atoms with van der Waals surface area (Å²) in [5.74, 6) is 1.28. The van der Waals surface area contributed by atoms with Gasteiger partial charge < -0.3 is 9.64 Å². The second kappa shape index (κ2) is 5.00. The van der Waals surface area contributed by atoms with E-state index in [0.717, 1.165) is 25.8 Å². The summed E-state index contributed by atoms with van der Waals surface area (Å²) in [6, 6.07) is 0. The minimum atomic E-state index is 0.0237. The zero-order chi connectivity index (χ0) is 11.5. The van der Waals surface area contributed by atoms with Gasteiger partial charge in [-0.3, -0.25) is 4.79 Å². The van der Waals surface area contributed by atoms with E-state index in [-0.39, 0.29) is 11.9 Å². The largest absolute Gasteiger partial charge is 0.465 e. The summed E-state index contributed by atoms with van der Waals surface area (Å²) in [6.45, 7) is 1.54. The van der Waals surface area contributed by atoms with Crippen LogP contribution in [0, 0.1) is 17.8 Å². The van der Waals surface area contributed by atoms with Crippen LogP contribution in [0.2, 0.25) is 0 Å². The fourth-order valence-electron chi connectivity index (χ4n) is 2.71. The molecule has 90 valence electrons. The van der Waals surface area contributed by atoms with Crippen LogP contribution < -0.4 is 0 Å². The number of hydrogen-bond acceptors (Lipinski definition) is 3. The third-order valence-electron chi connectivity index (χ3n) is 3.58. The van der Waals surface area contributed by atoms with E-state index >= 15 is 0 Å². The first-order chi connectivity index (χ1) is 7.66. The molecule has 2 rings (SSSR count). The molecule has 2 aliphatic rings. The SMILES string of the molecule is CN(C)CCCOC(=O)C1CC2C=CC1C2. The quantitative estimate of drug-likeness (QED) is 0.403. The molecule has 0 aromatic heterocycles. The van der Waals surface area contributed by atoms with Crippen molar-refractivity contribution in [3.8, 4) is 0 Å².